The molecule has 0 spiro atoms. The molecule has 0 radical (unpaired) electrons. The number of anilines is 1. The normalized spacial score (nSPS) is 16.0. The lowest BCUT2D eigenvalue weighted by atomic mass is 9.64. The van der Waals surface area contributed by atoms with Gasteiger partial charge in [0.25, 0.3) is 0 Å². The maximum absolute atomic E-state index is 13.2. The van der Waals surface area contributed by atoms with E-state index in [0.717, 1.165) is 41.4 Å². The zero-order chi connectivity index (χ0) is 15.9. The minimum absolute atomic E-state index is 0.0331. The number of carbonyl (C=O) groups excluding carboxylic acids is 1. The molecule has 0 unspecified atom stereocenters. The fourth-order valence-corrected chi connectivity index (χ4v) is 3.21. The average molecular weight is 309 g/mol. The second-order valence-corrected chi connectivity index (χ2v) is 6.07. The van der Waals surface area contributed by atoms with Crippen LogP contribution in [0.3, 0.4) is 0 Å². The second-order valence-electron chi connectivity index (χ2n) is 6.07. The van der Waals surface area contributed by atoms with E-state index < -0.39 is 5.41 Å². The first kappa shape index (κ1) is 13.9. The van der Waals surface area contributed by atoms with Gasteiger partial charge in [0.1, 0.15) is 5.82 Å². The first-order valence-electron chi connectivity index (χ1n) is 7.68. The molecule has 1 heterocycles. The topological polar surface area (TPSA) is 57.8 Å². The molecule has 5 heteroatoms. The number of benzene rings is 2. The monoisotopic (exact) mass is 309 g/mol. The van der Waals surface area contributed by atoms with Gasteiger partial charge in [-0.1, -0.05) is 18.6 Å². The molecule has 116 valence electrons. The van der Waals surface area contributed by atoms with E-state index in [0.29, 0.717) is 0 Å². The Morgan fingerprint density at radius 2 is 1.96 bits per heavy atom. The molecule has 1 saturated carbocycles. The first-order chi connectivity index (χ1) is 11.2. The van der Waals surface area contributed by atoms with Crippen LogP contribution >= 0.6 is 0 Å². The van der Waals surface area contributed by atoms with Gasteiger partial charge in [-0.3, -0.25) is 9.89 Å². The standard InChI is InChI=1S/C18H16FN3O/c19-14-5-3-13(4-6-14)18(8-1-9-18)17(23)21-15-7-2-12-11-20-22-16(12)10-15/h2-7,10-11H,1,8-9H2,(H,20,22)(H,21,23). The van der Waals surface area contributed by atoms with Gasteiger partial charge in [0.05, 0.1) is 17.1 Å². The molecule has 2 aromatic carbocycles. The highest BCUT2D eigenvalue weighted by atomic mass is 19.1. The van der Waals surface area contributed by atoms with Crippen molar-refractivity contribution in [1.29, 1.82) is 0 Å². The van der Waals surface area contributed by atoms with Gasteiger partial charge in [-0.25, -0.2) is 4.39 Å². The number of carbonyl (C=O) groups is 1. The van der Waals surface area contributed by atoms with Gasteiger partial charge < -0.3 is 5.32 Å². The molecular formula is C18H16FN3O. The van der Waals surface area contributed by atoms with Gasteiger partial charge >= 0.3 is 0 Å². The lowest BCUT2D eigenvalue weighted by Crippen LogP contribution is -2.46. The molecule has 1 aliphatic rings. The molecule has 0 saturated heterocycles. The molecule has 0 bridgehead atoms. The number of nitrogens with one attached hydrogen (secondary N) is 2. The van der Waals surface area contributed by atoms with E-state index in [1.54, 1.807) is 18.3 Å². The van der Waals surface area contributed by atoms with Gasteiger partial charge in [-0.05, 0) is 48.7 Å². The molecule has 3 aromatic rings. The van der Waals surface area contributed by atoms with E-state index in [-0.39, 0.29) is 11.7 Å². The van der Waals surface area contributed by atoms with Crippen LogP contribution in [0.25, 0.3) is 10.9 Å². The number of nitrogens with zero attached hydrogens (tertiary/aromatic N) is 1. The van der Waals surface area contributed by atoms with Crippen molar-refractivity contribution in [3.05, 3.63) is 60.0 Å². The van der Waals surface area contributed by atoms with Crippen LogP contribution in [0.5, 0.6) is 0 Å². The molecule has 0 atom stereocenters. The van der Waals surface area contributed by atoms with Crippen molar-refractivity contribution in [3.63, 3.8) is 0 Å². The maximum atomic E-state index is 13.2. The summed E-state index contributed by atoms with van der Waals surface area (Å²) in [7, 11) is 0. The minimum atomic E-state index is -0.545. The summed E-state index contributed by atoms with van der Waals surface area (Å²) in [6.45, 7) is 0. The minimum Gasteiger partial charge on any atom is -0.325 e. The fraction of sp³-hybridized carbons (Fsp3) is 0.222. The summed E-state index contributed by atoms with van der Waals surface area (Å²) in [5, 5.41) is 10.9. The van der Waals surface area contributed by atoms with Crippen LogP contribution < -0.4 is 5.32 Å². The lowest BCUT2D eigenvalue weighted by molar-refractivity contribution is -0.124. The second kappa shape index (κ2) is 5.19. The third-order valence-corrected chi connectivity index (χ3v) is 4.74. The number of hydrogen-bond donors (Lipinski definition) is 2. The van der Waals surface area contributed by atoms with Crippen molar-refractivity contribution in [2.24, 2.45) is 0 Å². The Balaban J connectivity index is 1.62. The lowest BCUT2D eigenvalue weighted by Gasteiger charge is -2.40. The number of hydrogen-bond acceptors (Lipinski definition) is 2. The quantitative estimate of drug-likeness (QED) is 0.774. The third kappa shape index (κ3) is 2.29. The Bertz CT molecular complexity index is 865. The van der Waals surface area contributed by atoms with E-state index in [1.165, 1.54) is 12.1 Å². The summed E-state index contributed by atoms with van der Waals surface area (Å²) < 4.78 is 13.2. The van der Waals surface area contributed by atoms with Crippen LogP contribution in [0.1, 0.15) is 24.8 Å². The van der Waals surface area contributed by atoms with Crippen molar-refractivity contribution in [2.45, 2.75) is 24.7 Å². The van der Waals surface area contributed by atoms with Gasteiger partial charge in [-0.2, -0.15) is 5.10 Å². The number of aromatic amines is 1. The summed E-state index contributed by atoms with van der Waals surface area (Å²) in [5.74, 6) is -0.317. The molecule has 1 aromatic heterocycles. The Kier molecular flexibility index (Phi) is 3.15. The average Bonchev–Trinajstić information content (AvgIpc) is 2.95. The van der Waals surface area contributed by atoms with E-state index in [2.05, 4.69) is 15.5 Å². The van der Waals surface area contributed by atoms with Crippen LogP contribution in [0.4, 0.5) is 10.1 Å². The number of H-pyrrole nitrogens is 1. The van der Waals surface area contributed by atoms with Crippen LogP contribution in [0.2, 0.25) is 0 Å². The van der Waals surface area contributed by atoms with Gasteiger partial charge in [0.15, 0.2) is 0 Å². The predicted octanol–water partition coefficient (Wildman–Crippen LogP) is 3.76. The number of rotatable bonds is 3. The van der Waals surface area contributed by atoms with E-state index in [4.69, 9.17) is 0 Å². The van der Waals surface area contributed by atoms with Crippen LogP contribution in [-0.2, 0) is 10.2 Å². The molecule has 1 fully saturated rings. The predicted molar refractivity (Wildman–Crippen MR) is 86.7 cm³/mol. The number of aromatic nitrogens is 2. The van der Waals surface area contributed by atoms with Crippen molar-refractivity contribution in [3.8, 4) is 0 Å². The highest BCUT2D eigenvalue weighted by Crippen LogP contribution is 2.44. The van der Waals surface area contributed by atoms with Crippen molar-refractivity contribution >= 4 is 22.5 Å². The van der Waals surface area contributed by atoms with Crippen molar-refractivity contribution < 1.29 is 9.18 Å². The molecular weight excluding hydrogens is 293 g/mol. The summed E-state index contributed by atoms with van der Waals surface area (Å²) in [6, 6.07) is 11.9. The summed E-state index contributed by atoms with van der Waals surface area (Å²) in [6.07, 6.45) is 4.32. The molecule has 4 nitrogen and oxygen atoms in total. The summed E-state index contributed by atoms with van der Waals surface area (Å²) in [5.41, 5.74) is 1.95. The van der Waals surface area contributed by atoms with Gasteiger partial charge in [0, 0.05) is 11.1 Å². The number of halogens is 1. The fourth-order valence-electron chi connectivity index (χ4n) is 3.21. The summed E-state index contributed by atoms with van der Waals surface area (Å²) in [4.78, 5) is 12.8. The van der Waals surface area contributed by atoms with Gasteiger partial charge in [-0.15, -0.1) is 0 Å². The third-order valence-electron chi connectivity index (χ3n) is 4.74. The van der Waals surface area contributed by atoms with E-state index >= 15 is 0 Å². The van der Waals surface area contributed by atoms with Crippen LogP contribution in [0, 0.1) is 5.82 Å². The Morgan fingerprint density at radius 3 is 2.65 bits per heavy atom. The highest BCUT2D eigenvalue weighted by molar-refractivity contribution is 6.01. The largest absolute Gasteiger partial charge is 0.325 e. The zero-order valence-electron chi connectivity index (χ0n) is 12.5. The van der Waals surface area contributed by atoms with Gasteiger partial charge in [0.2, 0.25) is 5.91 Å². The number of fused-ring (bicyclic) bond motifs is 1. The zero-order valence-corrected chi connectivity index (χ0v) is 12.5. The van der Waals surface area contributed by atoms with Crippen LogP contribution in [0.15, 0.2) is 48.7 Å². The SMILES string of the molecule is O=C(Nc1ccc2cn[nH]c2c1)C1(c2ccc(F)cc2)CCC1. The maximum Gasteiger partial charge on any atom is 0.235 e. The molecule has 23 heavy (non-hydrogen) atoms. The molecule has 0 aliphatic heterocycles. The van der Waals surface area contributed by atoms with E-state index in [1.807, 2.05) is 18.2 Å². The Hall–Kier alpha value is -2.69. The van der Waals surface area contributed by atoms with Crippen molar-refractivity contribution in [1.82, 2.24) is 10.2 Å². The van der Waals surface area contributed by atoms with Crippen molar-refractivity contribution in [2.75, 3.05) is 5.32 Å². The molecule has 1 amide bonds. The highest BCUT2D eigenvalue weighted by Gasteiger charge is 2.45. The van der Waals surface area contributed by atoms with E-state index in [9.17, 15) is 9.18 Å². The number of amides is 1. The summed E-state index contributed by atoms with van der Waals surface area (Å²) >= 11 is 0. The molecule has 4 rings (SSSR count). The smallest absolute Gasteiger partial charge is 0.235 e. The first-order valence-corrected chi connectivity index (χ1v) is 7.68. The Morgan fingerprint density at radius 1 is 1.17 bits per heavy atom. The van der Waals surface area contributed by atoms with Crippen LogP contribution in [-0.4, -0.2) is 16.1 Å². The molecule has 2 N–H and O–H groups in total. The Labute approximate surface area is 132 Å². The molecule has 1 aliphatic carbocycles.